The molecule has 112 valence electrons. The monoisotopic (exact) mass is 280 g/mol. The van der Waals surface area contributed by atoms with Gasteiger partial charge in [0.15, 0.2) is 11.5 Å². The number of hydrogen-bond acceptors (Lipinski definition) is 4. The number of carbonyl (C=O) groups excluding carboxylic acids is 1. The van der Waals surface area contributed by atoms with Gasteiger partial charge in [-0.3, -0.25) is 4.79 Å². The van der Waals surface area contributed by atoms with E-state index in [2.05, 4.69) is 19.2 Å². The molecule has 0 radical (unpaired) electrons. The maximum absolute atomic E-state index is 12.0. The Morgan fingerprint density at radius 1 is 1.30 bits per heavy atom. The first-order valence-electron chi connectivity index (χ1n) is 6.79. The first-order valence-corrected chi connectivity index (χ1v) is 6.79. The van der Waals surface area contributed by atoms with E-state index in [1.54, 1.807) is 25.3 Å². The van der Waals surface area contributed by atoms with Crippen molar-refractivity contribution in [2.45, 2.75) is 26.8 Å². The number of nitrogens with one attached hydrogen (secondary N) is 1. The van der Waals surface area contributed by atoms with Gasteiger partial charge in [-0.2, -0.15) is 0 Å². The van der Waals surface area contributed by atoms with E-state index in [9.17, 15) is 4.79 Å². The van der Waals surface area contributed by atoms with E-state index < -0.39 is 0 Å². The summed E-state index contributed by atoms with van der Waals surface area (Å²) in [5.74, 6) is 1.45. The van der Waals surface area contributed by atoms with E-state index in [0.29, 0.717) is 36.1 Å². The normalized spacial score (nSPS) is 12.1. The molecule has 0 heterocycles. The molecule has 0 aliphatic rings. The van der Waals surface area contributed by atoms with Crippen LogP contribution in [-0.4, -0.2) is 32.2 Å². The molecular weight excluding hydrogens is 256 g/mol. The molecule has 1 amide bonds. The van der Waals surface area contributed by atoms with Gasteiger partial charge >= 0.3 is 0 Å². The topological polar surface area (TPSA) is 73.6 Å². The smallest absolute Gasteiger partial charge is 0.251 e. The summed E-state index contributed by atoms with van der Waals surface area (Å²) >= 11 is 0. The third-order valence-corrected chi connectivity index (χ3v) is 2.73. The number of ether oxygens (including phenoxy) is 2. The molecule has 5 heteroatoms. The summed E-state index contributed by atoms with van der Waals surface area (Å²) in [4.78, 5) is 12.0. The van der Waals surface area contributed by atoms with Crippen molar-refractivity contribution in [1.29, 1.82) is 0 Å². The molecule has 1 atom stereocenters. The standard InChI is InChI=1S/C15H24N2O3/c1-10(2)9-20-13-6-5-12(7-14(13)19-4)15(18)17-11(3)8-16/h5-7,10-11H,8-9,16H2,1-4H3,(H,17,18)/t11-/m0/s1. The van der Waals surface area contributed by atoms with Crippen LogP contribution in [0.15, 0.2) is 18.2 Å². The van der Waals surface area contributed by atoms with Crippen LogP contribution in [0, 0.1) is 5.92 Å². The fraction of sp³-hybridized carbons (Fsp3) is 0.533. The first kappa shape index (κ1) is 16.3. The number of benzene rings is 1. The van der Waals surface area contributed by atoms with Crippen molar-refractivity contribution >= 4 is 5.91 Å². The predicted octanol–water partition coefficient (Wildman–Crippen LogP) is 1.81. The Morgan fingerprint density at radius 3 is 2.55 bits per heavy atom. The highest BCUT2D eigenvalue weighted by atomic mass is 16.5. The van der Waals surface area contributed by atoms with Crippen molar-refractivity contribution in [1.82, 2.24) is 5.32 Å². The van der Waals surface area contributed by atoms with Gasteiger partial charge in [-0.15, -0.1) is 0 Å². The molecule has 0 aromatic heterocycles. The van der Waals surface area contributed by atoms with Gasteiger partial charge in [0.25, 0.3) is 5.91 Å². The lowest BCUT2D eigenvalue weighted by Crippen LogP contribution is -2.37. The van der Waals surface area contributed by atoms with Gasteiger partial charge in [-0.1, -0.05) is 13.8 Å². The highest BCUT2D eigenvalue weighted by Gasteiger charge is 2.13. The van der Waals surface area contributed by atoms with Gasteiger partial charge in [0.1, 0.15) is 0 Å². The van der Waals surface area contributed by atoms with E-state index in [0.717, 1.165) is 0 Å². The van der Waals surface area contributed by atoms with Gasteiger partial charge in [0.05, 0.1) is 13.7 Å². The summed E-state index contributed by atoms with van der Waals surface area (Å²) in [6, 6.07) is 5.08. The maximum atomic E-state index is 12.0. The number of carbonyl (C=O) groups is 1. The van der Waals surface area contributed by atoms with Gasteiger partial charge in [0, 0.05) is 18.2 Å². The average Bonchev–Trinajstić information content (AvgIpc) is 2.44. The van der Waals surface area contributed by atoms with Crippen molar-refractivity contribution in [3.8, 4) is 11.5 Å². The van der Waals surface area contributed by atoms with E-state index in [4.69, 9.17) is 15.2 Å². The lowest BCUT2D eigenvalue weighted by Gasteiger charge is -2.15. The molecule has 0 saturated carbocycles. The first-order chi connectivity index (χ1) is 9.47. The quantitative estimate of drug-likeness (QED) is 0.799. The minimum absolute atomic E-state index is 0.0645. The van der Waals surface area contributed by atoms with Crippen LogP contribution in [-0.2, 0) is 0 Å². The average molecular weight is 280 g/mol. The van der Waals surface area contributed by atoms with Gasteiger partial charge in [-0.25, -0.2) is 0 Å². The second-order valence-corrected chi connectivity index (χ2v) is 5.18. The summed E-state index contributed by atoms with van der Waals surface area (Å²) in [5, 5.41) is 2.81. The molecule has 0 spiro atoms. The second kappa shape index (κ2) is 7.75. The summed E-state index contributed by atoms with van der Waals surface area (Å²) in [5.41, 5.74) is 6.01. The minimum Gasteiger partial charge on any atom is -0.493 e. The SMILES string of the molecule is COc1cc(C(=O)N[C@@H](C)CN)ccc1OCC(C)C. The number of methoxy groups -OCH3 is 1. The number of hydrogen-bond donors (Lipinski definition) is 2. The fourth-order valence-corrected chi connectivity index (χ4v) is 1.55. The summed E-state index contributed by atoms with van der Waals surface area (Å²) in [6.45, 7) is 7.00. The third-order valence-electron chi connectivity index (χ3n) is 2.73. The van der Waals surface area contributed by atoms with Crippen LogP contribution in [0.2, 0.25) is 0 Å². The molecule has 0 aliphatic carbocycles. The van der Waals surface area contributed by atoms with E-state index in [-0.39, 0.29) is 11.9 Å². The van der Waals surface area contributed by atoms with E-state index >= 15 is 0 Å². The Kier molecular flexibility index (Phi) is 6.31. The molecule has 1 aromatic rings. The molecule has 1 rings (SSSR count). The van der Waals surface area contributed by atoms with Gasteiger partial charge in [0.2, 0.25) is 0 Å². The van der Waals surface area contributed by atoms with Crippen LogP contribution >= 0.6 is 0 Å². The Balaban J connectivity index is 2.83. The Bertz CT molecular complexity index is 447. The Labute approximate surface area is 120 Å². The van der Waals surface area contributed by atoms with Crippen LogP contribution in [0.1, 0.15) is 31.1 Å². The molecule has 1 aromatic carbocycles. The van der Waals surface area contributed by atoms with Gasteiger partial charge in [-0.05, 0) is 31.0 Å². The molecule has 20 heavy (non-hydrogen) atoms. The lowest BCUT2D eigenvalue weighted by atomic mass is 10.1. The summed E-state index contributed by atoms with van der Waals surface area (Å²) in [7, 11) is 1.56. The third kappa shape index (κ3) is 4.74. The highest BCUT2D eigenvalue weighted by Crippen LogP contribution is 2.28. The number of rotatable bonds is 7. The number of amides is 1. The Hall–Kier alpha value is -1.75. The molecule has 3 N–H and O–H groups in total. The second-order valence-electron chi connectivity index (χ2n) is 5.18. The minimum atomic E-state index is -0.170. The van der Waals surface area contributed by atoms with Crippen molar-refractivity contribution in [2.24, 2.45) is 11.7 Å². The van der Waals surface area contributed by atoms with Crippen molar-refractivity contribution in [2.75, 3.05) is 20.3 Å². The zero-order valence-corrected chi connectivity index (χ0v) is 12.6. The summed E-state index contributed by atoms with van der Waals surface area (Å²) in [6.07, 6.45) is 0. The Morgan fingerprint density at radius 2 is 2.00 bits per heavy atom. The van der Waals surface area contributed by atoms with Gasteiger partial charge < -0.3 is 20.5 Å². The molecule has 0 saturated heterocycles. The van der Waals surface area contributed by atoms with E-state index in [1.165, 1.54) is 0 Å². The van der Waals surface area contributed by atoms with Crippen LogP contribution < -0.4 is 20.5 Å². The fourth-order valence-electron chi connectivity index (χ4n) is 1.55. The van der Waals surface area contributed by atoms with E-state index in [1.807, 2.05) is 6.92 Å². The lowest BCUT2D eigenvalue weighted by molar-refractivity contribution is 0.0941. The maximum Gasteiger partial charge on any atom is 0.251 e. The largest absolute Gasteiger partial charge is 0.493 e. The van der Waals surface area contributed by atoms with Crippen molar-refractivity contribution in [3.63, 3.8) is 0 Å². The zero-order valence-electron chi connectivity index (χ0n) is 12.6. The van der Waals surface area contributed by atoms with Crippen LogP contribution in [0.5, 0.6) is 11.5 Å². The molecule has 5 nitrogen and oxygen atoms in total. The van der Waals surface area contributed by atoms with Crippen molar-refractivity contribution in [3.05, 3.63) is 23.8 Å². The number of nitrogens with two attached hydrogens (primary N) is 1. The molecular formula is C15H24N2O3. The van der Waals surface area contributed by atoms with Crippen LogP contribution in [0.4, 0.5) is 0 Å². The highest BCUT2D eigenvalue weighted by molar-refractivity contribution is 5.95. The molecule has 0 aliphatic heterocycles. The molecule has 0 bridgehead atoms. The molecule has 0 unspecified atom stereocenters. The van der Waals surface area contributed by atoms with Crippen LogP contribution in [0.25, 0.3) is 0 Å². The summed E-state index contributed by atoms with van der Waals surface area (Å²) < 4.78 is 10.9. The molecule has 0 fully saturated rings. The zero-order chi connectivity index (χ0) is 15.1. The van der Waals surface area contributed by atoms with Crippen molar-refractivity contribution < 1.29 is 14.3 Å². The predicted molar refractivity (Wildman–Crippen MR) is 79.3 cm³/mol. The van der Waals surface area contributed by atoms with Crippen LogP contribution in [0.3, 0.4) is 0 Å².